The molecule has 164 valence electrons. The summed E-state index contributed by atoms with van der Waals surface area (Å²) in [5.74, 6) is 0.554. The van der Waals surface area contributed by atoms with Gasteiger partial charge in [0, 0.05) is 50.4 Å². The summed E-state index contributed by atoms with van der Waals surface area (Å²) in [7, 11) is 4.96. The molecule has 0 unspecified atom stereocenters. The number of hydrogen-bond donors (Lipinski definition) is 2. The van der Waals surface area contributed by atoms with Crippen LogP contribution in [0.1, 0.15) is 18.1 Å². The standard InChI is InChI=1S/C23H21N9O/c1-13(27-23(33)32(3)4)8-15(11-25-2)16-9-17-20(30-31-21(17)26-12-16)22-28-18-7-5-6-14(10-24)19(18)29-22/h5-9,11-12H,1-4H3,(H,28,29)(H,26,30,31)/b15-8+,25-11?,27-13?. The Kier molecular flexibility index (Phi) is 5.78. The third-order valence-corrected chi connectivity index (χ3v) is 4.90. The lowest BCUT2D eigenvalue weighted by Gasteiger charge is -2.06. The largest absolute Gasteiger partial charge is 0.343 e. The summed E-state index contributed by atoms with van der Waals surface area (Å²) in [6, 6.07) is 9.14. The van der Waals surface area contributed by atoms with Crippen LogP contribution in [0.5, 0.6) is 0 Å². The van der Waals surface area contributed by atoms with Gasteiger partial charge < -0.3 is 9.88 Å². The molecule has 0 radical (unpaired) electrons. The van der Waals surface area contributed by atoms with E-state index >= 15 is 0 Å². The number of carbonyl (C=O) groups excluding carboxylic acids is 1. The van der Waals surface area contributed by atoms with Crippen LogP contribution < -0.4 is 0 Å². The van der Waals surface area contributed by atoms with Crippen molar-refractivity contribution < 1.29 is 4.79 Å². The Morgan fingerprint density at radius 1 is 1.30 bits per heavy atom. The van der Waals surface area contributed by atoms with Crippen molar-refractivity contribution in [2.75, 3.05) is 21.1 Å². The highest BCUT2D eigenvalue weighted by atomic mass is 16.2. The van der Waals surface area contributed by atoms with Crippen molar-refractivity contribution in [2.24, 2.45) is 9.98 Å². The SMILES string of the molecule is CN=C/C(=C\C(C)=NC(=O)N(C)C)c1cnc2n[nH]c(-c3nc4c(C#N)cccc4[nH]3)c2c1. The number of aromatic amines is 2. The van der Waals surface area contributed by atoms with Gasteiger partial charge >= 0.3 is 6.03 Å². The van der Waals surface area contributed by atoms with Gasteiger partial charge in [-0.1, -0.05) is 6.07 Å². The summed E-state index contributed by atoms with van der Waals surface area (Å²) in [6.45, 7) is 1.75. The zero-order valence-corrected chi connectivity index (χ0v) is 18.6. The van der Waals surface area contributed by atoms with E-state index in [0.29, 0.717) is 34.0 Å². The van der Waals surface area contributed by atoms with Crippen LogP contribution >= 0.6 is 0 Å². The molecule has 2 amide bonds. The fraction of sp³-hybridized carbons (Fsp3) is 0.174. The molecule has 1 aromatic carbocycles. The lowest BCUT2D eigenvalue weighted by atomic mass is 10.1. The van der Waals surface area contributed by atoms with Crippen molar-refractivity contribution in [2.45, 2.75) is 6.92 Å². The first-order valence-corrected chi connectivity index (χ1v) is 10.1. The number of nitriles is 1. The smallest absolute Gasteiger partial charge is 0.337 e. The first-order chi connectivity index (χ1) is 15.9. The molecule has 0 saturated heterocycles. The molecule has 10 heteroatoms. The minimum Gasteiger partial charge on any atom is -0.337 e. The number of para-hydroxylation sites is 1. The molecule has 2 N–H and O–H groups in total. The molecule has 0 aliphatic rings. The lowest BCUT2D eigenvalue weighted by Crippen LogP contribution is -2.18. The van der Waals surface area contributed by atoms with Gasteiger partial charge in [-0.25, -0.2) is 14.8 Å². The van der Waals surface area contributed by atoms with Crippen molar-refractivity contribution in [1.29, 1.82) is 5.26 Å². The van der Waals surface area contributed by atoms with Crippen LogP contribution in [0.4, 0.5) is 4.79 Å². The minimum atomic E-state index is -0.344. The summed E-state index contributed by atoms with van der Waals surface area (Å²) >= 11 is 0. The summed E-state index contributed by atoms with van der Waals surface area (Å²) in [6.07, 6.45) is 5.15. The zero-order valence-electron chi connectivity index (χ0n) is 18.6. The Morgan fingerprint density at radius 2 is 2.12 bits per heavy atom. The maximum atomic E-state index is 11.9. The molecule has 0 bridgehead atoms. The predicted octanol–water partition coefficient (Wildman–Crippen LogP) is 3.60. The van der Waals surface area contributed by atoms with E-state index in [4.69, 9.17) is 0 Å². The van der Waals surface area contributed by atoms with E-state index in [-0.39, 0.29) is 6.03 Å². The molecule has 0 saturated carbocycles. The molecule has 4 rings (SSSR count). The average molecular weight is 439 g/mol. The summed E-state index contributed by atoms with van der Waals surface area (Å²) in [5.41, 5.74) is 5.07. The van der Waals surface area contributed by atoms with Crippen molar-refractivity contribution in [1.82, 2.24) is 30.0 Å². The molecule has 10 nitrogen and oxygen atoms in total. The van der Waals surface area contributed by atoms with Gasteiger partial charge in [-0.15, -0.1) is 0 Å². The number of urea groups is 1. The molecular weight excluding hydrogens is 418 g/mol. The minimum absolute atomic E-state index is 0.344. The van der Waals surface area contributed by atoms with Gasteiger partial charge in [-0.2, -0.15) is 15.4 Å². The van der Waals surface area contributed by atoms with Crippen LogP contribution in [0.3, 0.4) is 0 Å². The van der Waals surface area contributed by atoms with Gasteiger partial charge in [-0.05, 0) is 31.2 Å². The fourth-order valence-corrected chi connectivity index (χ4v) is 3.32. The van der Waals surface area contributed by atoms with Crippen molar-refractivity contribution in [3.8, 4) is 17.6 Å². The van der Waals surface area contributed by atoms with Gasteiger partial charge in [0.15, 0.2) is 11.5 Å². The Labute approximate surface area is 189 Å². The van der Waals surface area contributed by atoms with Gasteiger partial charge in [-0.3, -0.25) is 10.1 Å². The third kappa shape index (κ3) is 4.24. The number of H-pyrrole nitrogens is 2. The lowest BCUT2D eigenvalue weighted by molar-refractivity contribution is 0.227. The van der Waals surface area contributed by atoms with E-state index in [2.05, 4.69) is 41.2 Å². The highest BCUT2D eigenvalue weighted by Crippen LogP contribution is 2.28. The van der Waals surface area contributed by atoms with E-state index < -0.39 is 0 Å². The Bertz CT molecular complexity index is 1500. The molecule has 0 fully saturated rings. The Morgan fingerprint density at radius 3 is 2.85 bits per heavy atom. The van der Waals surface area contributed by atoms with Crippen LogP contribution in [-0.4, -0.2) is 69.1 Å². The number of allylic oxidation sites excluding steroid dienone is 2. The number of amides is 2. The number of aliphatic imine (C=N–C) groups is 2. The molecule has 33 heavy (non-hydrogen) atoms. The normalized spacial score (nSPS) is 12.6. The van der Waals surface area contributed by atoms with Crippen LogP contribution in [0.15, 0.2) is 46.5 Å². The zero-order chi connectivity index (χ0) is 23.5. The van der Waals surface area contributed by atoms with E-state index in [1.54, 1.807) is 58.7 Å². The second-order valence-corrected chi connectivity index (χ2v) is 7.51. The number of hydrogen-bond acceptors (Lipinski definition) is 6. The van der Waals surface area contributed by atoms with Crippen LogP contribution in [0.25, 0.3) is 39.2 Å². The van der Waals surface area contributed by atoms with E-state index in [1.165, 1.54) is 4.90 Å². The molecular formula is C23H21N9O. The summed E-state index contributed by atoms with van der Waals surface area (Å²) in [5, 5.41) is 17.4. The summed E-state index contributed by atoms with van der Waals surface area (Å²) < 4.78 is 0. The average Bonchev–Trinajstić information content (AvgIpc) is 3.41. The number of benzene rings is 1. The van der Waals surface area contributed by atoms with Crippen molar-refractivity contribution in [3.63, 3.8) is 0 Å². The number of fused-ring (bicyclic) bond motifs is 2. The van der Waals surface area contributed by atoms with Crippen LogP contribution in [0.2, 0.25) is 0 Å². The van der Waals surface area contributed by atoms with E-state index in [0.717, 1.165) is 22.0 Å². The van der Waals surface area contributed by atoms with E-state index in [1.807, 2.05) is 12.1 Å². The maximum Gasteiger partial charge on any atom is 0.343 e. The molecule has 0 aliphatic heterocycles. The third-order valence-electron chi connectivity index (χ3n) is 4.90. The molecule has 3 heterocycles. The number of aromatic nitrogens is 5. The highest BCUT2D eigenvalue weighted by molar-refractivity contribution is 6.18. The number of pyridine rings is 1. The molecule has 0 spiro atoms. The first kappa shape index (κ1) is 21.6. The first-order valence-electron chi connectivity index (χ1n) is 10.1. The van der Waals surface area contributed by atoms with Gasteiger partial charge in [0.1, 0.15) is 17.3 Å². The van der Waals surface area contributed by atoms with Gasteiger partial charge in [0.05, 0.1) is 16.5 Å². The second-order valence-electron chi connectivity index (χ2n) is 7.51. The Hall–Kier alpha value is -4.65. The fourth-order valence-electron chi connectivity index (χ4n) is 3.32. The Balaban J connectivity index is 1.81. The highest BCUT2D eigenvalue weighted by Gasteiger charge is 2.15. The second kappa shape index (κ2) is 8.84. The van der Waals surface area contributed by atoms with Crippen LogP contribution in [-0.2, 0) is 0 Å². The topological polar surface area (TPSA) is 139 Å². The summed E-state index contributed by atoms with van der Waals surface area (Å²) in [4.78, 5) is 33.8. The number of carbonyl (C=O) groups is 1. The maximum absolute atomic E-state index is 11.9. The number of imidazole rings is 1. The van der Waals surface area contributed by atoms with Gasteiger partial charge in [0.25, 0.3) is 0 Å². The van der Waals surface area contributed by atoms with E-state index in [9.17, 15) is 10.1 Å². The number of nitrogens with one attached hydrogen (secondary N) is 2. The van der Waals surface area contributed by atoms with Crippen LogP contribution in [0, 0.1) is 11.3 Å². The monoisotopic (exact) mass is 439 g/mol. The molecule has 0 aliphatic carbocycles. The number of rotatable bonds is 4. The molecule has 0 atom stereocenters. The molecule has 4 aromatic rings. The predicted molar refractivity (Wildman–Crippen MR) is 128 cm³/mol. The molecule has 3 aromatic heterocycles. The quantitative estimate of drug-likeness (QED) is 0.468. The number of nitrogens with zero attached hydrogens (tertiary/aromatic N) is 7. The van der Waals surface area contributed by atoms with Gasteiger partial charge in [0.2, 0.25) is 0 Å². The van der Waals surface area contributed by atoms with Crippen molar-refractivity contribution in [3.05, 3.63) is 47.7 Å². The van der Waals surface area contributed by atoms with Crippen molar-refractivity contribution >= 4 is 45.6 Å².